The molecule has 1 aromatic carbocycles. The second-order valence-electron chi connectivity index (χ2n) is 5.80. The van der Waals surface area contributed by atoms with Crippen molar-refractivity contribution in [2.75, 3.05) is 0 Å². The molecule has 0 unspecified atom stereocenters. The lowest BCUT2D eigenvalue weighted by Gasteiger charge is -1.99. The fraction of sp³-hybridized carbons (Fsp3) is 0.696. The lowest BCUT2D eigenvalue weighted by Crippen LogP contribution is -1.84. The van der Waals surface area contributed by atoms with Gasteiger partial charge < -0.3 is 4.79 Å². The first-order chi connectivity index (χ1) is 11.3. The predicted octanol–water partition coefficient (Wildman–Crippen LogP) is 8.04. The molecular weight excluding hydrogens is 292 g/mol. The summed E-state index contributed by atoms with van der Waals surface area (Å²) < 4.78 is 0. The van der Waals surface area contributed by atoms with Gasteiger partial charge in [0.05, 0.1) is 0 Å². The van der Waals surface area contributed by atoms with Crippen LogP contribution < -0.4 is 0 Å². The zero-order chi connectivity index (χ0) is 20.0. The van der Waals surface area contributed by atoms with Crippen LogP contribution in [-0.4, -0.2) is 5.78 Å². The minimum atomic E-state index is 0.167. The van der Waals surface area contributed by atoms with Crippen LogP contribution in [0.25, 0.3) is 0 Å². The monoisotopic (exact) mass is 338 g/mol. The summed E-state index contributed by atoms with van der Waals surface area (Å²) in [5, 5.41) is 0. The van der Waals surface area contributed by atoms with Crippen LogP contribution in [0.15, 0.2) is 24.3 Å². The standard InChI is InChI=1S/C11H16.C5H12.C3H6O.2C2H6/c1-3-4-7-11-8-5-6-10(2)9-11;1-4-5(2)3;1-3(2)4;2*1-2/h5-6,8-9H,3-4,7H2,1-2H3;5H,4H2,1-3H3;1-2H3;2*1-2H3. The Labute approximate surface area is 154 Å². The summed E-state index contributed by atoms with van der Waals surface area (Å²) in [5.41, 5.74) is 2.85. The summed E-state index contributed by atoms with van der Waals surface area (Å²) in [7, 11) is 0. The molecule has 0 radical (unpaired) electrons. The van der Waals surface area contributed by atoms with Crippen LogP contribution in [0.2, 0.25) is 0 Å². The minimum Gasteiger partial charge on any atom is -0.300 e. The molecule has 0 saturated carbocycles. The van der Waals surface area contributed by atoms with Gasteiger partial charge in [0.2, 0.25) is 0 Å². The molecule has 1 nitrogen and oxygen atoms in total. The summed E-state index contributed by atoms with van der Waals surface area (Å²) in [6, 6.07) is 8.77. The van der Waals surface area contributed by atoms with Gasteiger partial charge in [-0.2, -0.15) is 0 Å². The number of carbonyl (C=O) groups is 1. The average Bonchev–Trinajstić information content (AvgIpc) is 2.57. The Kier molecular flexibility index (Phi) is 34.3. The Morgan fingerprint density at radius 2 is 1.42 bits per heavy atom. The third kappa shape index (κ3) is 37.3. The molecule has 0 atom stereocenters. The summed E-state index contributed by atoms with van der Waals surface area (Å²) in [4.78, 5) is 9.44. The van der Waals surface area contributed by atoms with Crippen LogP contribution in [0.5, 0.6) is 0 Å². The Balaban J connectivity index is -0.000000130. The molecule has 0 N–H and O–H groups in total. The number of hydrogen-bond donors (Lipinski definition) is 0. The molecule has 0 spiro atoms. The van der Waals surface area contributed by atoms with E-state index in [4.69, 9.17) is 0 Å². The van der Waals surface area contributed by atoms with E-state index in [9.17, 15) is 4.79 Å². The molecule has 0 aliphatic rings. The van der Waals surface area contributed by atoms with Crippen molar-refractivity contribution in [2.45, 2.75) is 102 Å². The maximum atomic E-state index is 9.44. The Morgan fingerprint density at radius 1 is 1.00 bits per heavy atom. The first-order valence-corrected chi connectivity index (χ1v) is 9.86. The lowest BCUT2D eigenvalue weighted by atomic mass is 10.1. The van der Waals surface area contributed by atoms with Crippen LogP contribution in [0.4, 0.5) is 0 Å². The molecule has 0 saturated heterocycles. The zero-order valence-electron chi connectivity index (χ0n) is 18.6. The molecule has 0 aromatic heterocycles. The highest BCUT2D eigenvalue weighted by molar-refractivity contribution is 5.72. The number of carbonyl (C=O) groups excluding carboxylic acids is 1. The summed E-state index contributed by atoms with van der Waals surface area (Å²) >= 11 is 0. The first-order valence-electron chi connectivity index (χ1n) is 9.86. The Morgan fingerprint density at radius 3 is 1.71 bits per heavy atom. The van der Waals surface area contributed by atoms with Crippen molar-refractivity contribution in [3.05, 3.63) is 35.4 Å². The largest absolute Gasteiger partial charge is 0.300 e. The quantitative estimate of drug-likeness (QED) is 0.543. The van der Waals surface area contributed by atoms with Crippen LogP contribution in [0.3, 0.4) is 0 Å². The topological polar surface area (TPSA) is 17.1 Å². The van der Waals surface area contributed by atoms with E-state index < -0.39 is 0 Å². The molecule has 0 fully saturated rings. The van der Waals surface area contributed by atoms with Crippen LogP contribution >= 0.6 is 0 Å². The van der Waals surface area contributed by atoms with E-state index in [1.807, 2.05) is 27.7 Å². The Hall–Kier alpha value is -1.11. The molecule has 0 bridgehead atoms. The second-order valence-corrected chi connectivity index (χ2v) is 5.80. The third-order valence-electron chi connectivity index (χ3n) is 2.72. The van der Waals surface area contributed by atoms with E-state index in [0.29, 0.717) is 0 Å². The molecule has 1 heteroatoms. The van der Waals surface area contributed by atoms with Gasteiger partial charge in [-0.1, -0.05) is 98.1 Å². The molecule has 1 aromatic rings. The van der Waals surface area contributed by atoms with Gasteiger partial charge in [-0.25, -0.2) is 0 Å². The van der Waals surface area contributed by atoms with Crippen molar-refractivity contribution in [3.63, 3.8) is 0 Å². The molecule has 0 aliphatic carbocycles. The van der Waals surface area contributed by atoms with Crippen molar-refractivity contribution in [1.82, 2.24) is 0 Å². The molecule has 0 heterocycles. The van der Waals surface area contributed by atoms with Crippen LogP contribution in [0, 0.1) is 12.8 Å². The number of unbranched alkanes of at least 4 members (excludes halogenated alkanes) is 1. The SMILES string of the molecule is CC.CC.CC(C)=O.CCC(C)C.CCCCc1cccc(C)c1. The van der Waals surface area contributed by atoms with Gasteiger partial charge in [0.15, 0.2) is 0 Å². The van der Waals surface area contributed by atoms with E-state index in [1.165, 1.54) is 50.7 Å². The van der Waals surface area contributed by atoms with E-state index >= 15 is 0 Å². The number of aryl methyl sites for hydroxylation is 2. The van der Waals surface area contributed by atoms with E-state index in [-0.39, 0.29) is 5.78 Å². The van der Waals surface area contributed by atoms with Crippen molar-refractivity contribution in [3.8, 4) is 0 Å². The van der Waals surface area contributed by atoms with Crippen molar-refractivity contribution in [2.24, 2.45) is 5.92 Å². The number of rotatable bonds is 4. The first kappa shape index (κ1) is 30.7. The van der Waals surface area contributed by atoms with Crippen LogP contribution in [-0.2, 0) is 11.2 Å². The van der Waals surface area contributed by atoms with Gasteiger partial charge in [-0.05, 0) is 45.1 Å². The predicted molar refractivity (Wildman–Crippen MR) is 114 cm³/mol. The number of ketones is 1. The Bertz CT molecular complexity index is 336. The molecule has 0 aliphatic heterocycles. The highest BCUT2D eigenvalue weighted by Gasteiger charge is 1.90. The maximum Gasteiger partial charge on any atom is 0.126 e. The lowest BCUT2D eigenvalue weighted by molar-refractivity contribution is -0.114. The smallest absolute Gasteiger partial charge is 0.126 e. The van der Waals surface area contributed by atoms with Crippen molar-refractivity contribution >= 4 is 5.78 Å². The van der Waals surface area contributed by atoms with Gasteiger partial charge in [0.25, 0.3) is 0 Å². The van der Waals surface area contributed by atoms with E-state index in [2.05, 4.69) is 58.9 Å². The number of benzene rings is 1. The average molecular weight is 339 g/mol. The molecular formula is C23H46O. The molecule has 144 valence electrons. The summed E-state index contributed by atoms with van der Waals surface area (Å²) in [5.74, 6) is 1.05. The fourth-order valence-electron chi connectivity index (χ4n) is 1.25. The van der Waals surface area contributed by atoms with Gasteiger partial charge in [0.1, 0.15) is 5.78 Å². The maximum absolute atomic E-state index is 9.44. The van der Waals surface area contributed by atoms with Gasteiger partial charge >= 0.3 is 0 Å². The zero-order valence-corrected chi connectivity index (χ0v) is 18.6. The van der Waals surface area contributed by atoms with Crippen molar-refractivity contribution < 1.29 is 4.79 Å². The van der Waals surface area contributed by atoms with Gasteiger partial charge in [0, 0.05) is 0 Å². The third-order valence-corrected chi connectivity index (χ3v) is 2.72. The highest BCUT2D eigenvalue weighted by Crippen LogP contribution is 2.07. The minimum absolute atomic E-state index is 0.167. The molecule has 1 rings (SSSR count). The van der Waals surface area contributed by atoms with Crippen molar-refractivity contribution in [1.29, 1.82) is 0 Å². The van der Waals surface area contributed by atoms with E-state index in [0.717, 1.165) is 5.92 Å². The number of hydrogen-bond acceptors (Lipinski definition) is 1. The summed E-state index contributed by atoms with van der Waals surface area (Å²) in [6.07, 6.45) is 5.13. The fourth-order valence-corrected chi connectivity index (χ4v) is 1.25. The number of Topliss-reactive ketones (excluding diaryl/α,β-unsaturated/α-hetero) is 1. The normalized spacial score (nSPS) is 8.17. The molecule has 24 heavy (non-hydrogen) atoms. The van der Waals surface area contributed by atoms with Gasteiger partial charge in [-0.3, -0.25) is 0 Å². The van der Waals surface area contributed by atoms with E-state index in [1.54, 1.807) is 0 Å². The highest BCUT2D eigenvalue weighted by atomic mass is 16.1. The van der Waals surface area contributed by atoms with Crippen LogP contribution in [0.1, 0.15) is 99.6 Å². The van der Waals surface area contributed by atoms with Gasteiger partial charge in [-0.15, -0.1) is 0 Å². The second kappa shape index (κ2) is 26.8. The summed E-state index contributed by atoms with van der Waals surface area (Å²) in [6.45, 7) is 22.1. The molecule has 0 amide bonds.